The van der Waals surface area contributed by atoms with Gasteiger partial charge in [0.1, 0.15) is 5.75 Å². The van der Waals surface area contributed by atoms with Crippen LogP contribution >= 0.6 is 11.3 Å². The maximum atomic E-state index is 9.45. The molecule has 1 aromatic heterocycles. The zero-order chi connectivity index (χ0) is 12.8. The van der Waals surface area contributed by atoms with Crippen LogP contribution in [0, 0.1) is 5.92 Å². The molecule has 0 amide bonds. The van der Waals surface area contributed by atoms with E-state index in [2.05, 4.69) is 4.98 Å². The molecule has 0 fully saturated rings. The lowest BCUT2D eigenvalue weighted by atomic mass is 9.96. The molecule has 0 aliphatic carbocycles. The highest BCUT2D eigenvalue weighted by Gasteiger charge is 2.10. The van der Waals surface area contributed by atoms with E-state index < -0.39 is 0 Å². The van der Waals surface area contributed by atoms with Crippen molar-refractivity contribution in [2.24, 2.45) is 5.92 Å². The SMILES string of the molecule is COc1ccc(CC(CO)Cc2cncs2)cc1. The quantitative estimate of drug-likeness (QED) is 0.871. The third kappa shape index (κ3) is 3.55. The van der Waals surface area contributed by atoms with Crippen LogP contribution < -0.4 is 4.74 Å². The number of nitrogens with zero attached hydrogens (tertiary/aromatic N) is 1. The maximum Gasteiger partial charge on any atom is 0.118 e. The lowest BCUT2D eigenvalue weighted by molar-refractivity contribution is 0.225. The number of rotatable bonds is 6. The van der Waals surface area contributed by atoms with Crippen LogP contribution in [-0.2, 0) is 12.8 Å². The second-order valence-corrected chi connectivity index (χ2v) is 5.24. The van der Waals surface area contributed by atoms with Crippen molar-refractivity contribution in [2.75, 3.05) is 13.7 Å². The first kappa shape index (κ1) is 13.1. The summed E-state index contributed by atoms with van der Waals surface area (Å²) in [5.41, 5.74) is 3.05. The number of ether oxygens (including phenoxy) is 1. The molecule has 96 valence electrons. The molecule has 1 heterocycles. The Morgan fingerprint density at radius 2 is 2.06 bits per heavy atom. The molecule has 0 radical (unpaired) electrons. The van der Waals surface area contributed by atoms with Gasteiger partial charge >= 0.3 is 0 Å². The zero-order valence-corrected chi connectivity index (χ0v) is 11.2. The molecule has 0 saturated heterocycles. The van der Waals surface area contributed by atoms with Crippen molar-refractivity contribution in [1.29, 1.82) is 0 Å². The van der Waals surface area contributed by atoms with Crippen molar-refractivity contribution in [3.63, 3.8) is 0 Å². The summed E-state index contributed by atoms with van der Waals surface area (Å²) in [6.07, 6.45) is 3.63. The second-order valence-electron chi connectivity index (χ2n) is 4.27. The van der Waals surface area contributed by atoms with Crippen LogP contribution in [0.25, 0.3) is 0 Å². The van der Waals surface area contributed by atoms with E-state index in [1.165, 1.54) is 10.4 Å². The van der Waals surface area contributed by atoms with Crippen molar-refractivity contribution >= 4 is 11.3 Å². The van der Waals surface area contributed by atoms with Crippen molar-refractivity contribution in [3.8, 4) is 5.75 Å². The standard InChI is InChI=1S/C14H17NO2S/c1-17-13-4-2-11(3-5-13)6-12(9-16)7-14-8-15-10-18-14/h2-5,8,10,12,16H,6-7,9H2,1H3. The van der Waals surface area contributed by atoms with E-state index in [9.17, 15) is 5.11 Å². The van der Waals surface area contributed by atoms with Crippen LogP contribution in [0.3, 0.4) is 0 Å². The largest absolute Gasteiger partial charge is 0.497 e. The van der Waals surface area contributed by atoms with E-state index in [1.54, 1.807) is 18.4 Å². The predicted molar refractivity (Wildman–Crippen MR) is 73.1 cm³/mol. The molecular weight excluding hydrogens is 246 g/mol. The molecule has 1 atom stereocenters. The Kier molecular flexibility index (Phi) is 4.73. The minimum Gasteiger partial charge on any atom is -0.497 e. The third-order valence-electron chi connectivity index (χ3n) is 2.91. The first-order valence-electron chi connectivity index (χ1n) is 5.93. The maximum absolute atomic E-state index is 9.45. The molecule has 0 spiro atoms. The first-order chi connectivity index (χ1) is 8.81. The highest BCUT2D eigenvalue weighted by molar-refractivity contribution is 7.09. The van der Waals surface area contributed by atoms with Gasteiger partial charge in [-0.25, -0.2) is 0 Å². The van der Waals surface area contributed by atoms with Crippen LogP contribution in [0.4, 0.5) is 0 Å². The monoisotopic (exact) mass is 263 g/mol. The summed E-state index contributed by atoms with van der Waals surface area (Å²) in [6.45, 7) is 0.198. The highest BCUT2D eigenvalue weighted by Crippen LogP contribution is 2.18. The Hall–Kier alpha value is -1.39. The van der Waals surface area contributed by atoms with Gasteiger partial charge in [-0.3, -0.25) is 4.98 Å². The van der Waals surface area contributed by atoms with E-state index >= 15 is 0 Å². The Balaban J connectivity index is 1.96. The second kappa shape index (κ2) is 6.52. The smallest absolute Gasteiger partial charge is 0.118 e. The molecule has 1 N–H and O–H groups in total. The van der Waals surface area contributed by atoms with Gasteiger partial charge in [-0.1, -0.05) is 12.1 Å². The van der Waals surface area contributed by atoms with Gasteiger partial charge in [0.05, 0.1) is 12.6 Å². The number of hydrogen-bond donors (Lipinski definition) is 1. The fraction of sp³-hybridized carbons (Fsp3) is 0.357. The zero-order valence-electron chi connectivity index (χ0n) is 10.4. The third-order valence-corrected chi connectivity index (χ3v) is 3.72. The number of hydrogen-bond acceptors (Lipinski definition) is 4. The normalized spacial score (nSPS) is 12.3. The van der Waals surface area contributed by atoms with Gasteiger partial charge in [-0.15, -0.1) is 11.3 Å². The molecule has 3 nitrogen and oxygen atoms in total. The lowest BCUT2D eigenvalue weighted by Gasteiger charge is -2.13. The Morgan fingerprint density at radius 3 is 2.61 bits per heavy atom. The molecule has 0 aliphatic rings. The van der Waals surface area contributed by atoms with E-state index in [0.717, 1.165) is 18.6 Å². The van der Waals surface area contributed by atoms with Crippen molar-refractivity contribution in [2.45, 2.75) is 12.8 Å². The van der Waals surface area contributed by atoms with Crippen molar-refractivity contribution < 1.29 is 9.84 Å². The number of thiazole rings is 1. The van der Waals surface area contributed by atoms with Crippen LogP contribution in [0.5, 0.6) is 5.75 Å². The van der Waals surface area contributed by atoms with Crippen LogP contribution in [0.15, 0.2) is 36.0 Å². The molecule has 18 heavy (non-hydrogen) atoms. The lowest BCUT2D eigenvalue weighted by Crippen LogP contribution is -2.12. The molecule has 2 rings (SSSR count). The van der Waals surface area contributed by atoms with Gasteiger partial charge in [0, 0.05) is 17.7 Å². The van der Waals surface area contributed by atoms with Crippen LogP contribution in [0.2, 0.25) is 0 Å². The van der Waals surface area contributed by atoms with Gasteiger partial charge in [-0.2, -0.15) is 0 Å². The topological polar surface area (TPSA) is 42.4 Å². The number of methoxy groups -OCH3 is 1. The fourth-order valence-electron chi connectivity index (χ4n) is 1.92. The average molecular weight is 263 g/mol. The minimum absolute atomic E-state index is 0.198. The predicted octanol–water partition coefficient (Wildman–Crippen LogP) is 2.55. The van der Waals surface area contributed by atoms with Gasteiger partial charge in [0.25, 0.3) is 0 Å². The molecule has 0 saturated carbocycles. The summed E-state index contributed by atoms with van der Waals surface area (Å²) >= 11 is 1.64. The van der Waals surface area contributed by atoms with Gasteiger partial charge < -0.3 is 9.84 Å². The molecular formula is C14H17NO2S. The van der Waals surface area contributed by atoms with Gasteiger partial charge in [0.2, 0.25) is 0 Å². The number of benzene rings is 1. The number of aliphatic hydroxyl groups excluding tert-OH is 1. The first-order valence-corrected chi connectivity index (χ1v) is 6.81. The molecule has 1 unspecified atom stereocenters. The molecule has 0 aliphatic heterocycles. The van der Waals surface area contributed by atoms with E-state index in [0.29, 0.717) is 0 Å². The summed E-state index contributed by atoms with van der Waals surface area (Å²) in [5.74, 6) is 1.11. The summed E-state index contributed by atoms with van der Waals surface area (Å²) in [5, 5.41) is 9.45. The number of aliphatic hydroxyl groups is 1. The number of aromatic nitrogens is 1. The van der Waals surface area contributed by atoms with Gasteiger partial charge in [-0.05, 0) is 36.5 Å². The van der Waals surface area contributed by atoms with Crippen molar-refractivity contribution in [1.82, 2.24) is 4.98 Å². The Labute approximate surface area is 111 Å². The van der Waals surface area contributed by atoms with Crippen molar-refractivity contribution in [3.05, 3.63) is 46.4 Å². The summed E-state index contributed by atoms with van der Waals surface area (Å²) in [4.78, 5) is 5.28. The van der Waals surface area contributed by atoms with E-state index in [1.807, 2.05) is 36.0 Å². The van der Waals surface area contributed by atoms with E-state index in [-0.39, 0.29) is 12.5 Å². The summed E-state index contributed by atoms with van der Waals surface area (Å²) in [7, 11) is 1.66. The fourth-order valence-corrected chi connectivity index (χ4v) is 2.63. The molecule has 0 bridgehead atoms. The summed E-state index contributed by atoms with van der Waals surface area (Å²) in [6, 6.07) is 8.01. The van der Waals surface area contributed by atoms with Gasteiger partial charge in [0.15, 0.2) is 0 Å². The van der Waals surface area contributed by atoms with Crippen LogP contribution in [-0.4, -0.2) is 23.8 Å². The minimum atomic E-state index is 0.198. The Morgan fingerprint density at radius 1 is 1.28 bits per heavy atom. The average Bonchev–Trinajstić information content (AvgIpc) is 2.91. The molecule has 2 aromatic rings. The Bertz CT molecular complexity index is 453. The van der Waals surface area contributed by atoms with E-state index in [4.69, 9.17) is 4.74 Å². The highest BCUT2D eigenvalue weighted by atomic mass is 32.1. The molecule has 4 heteroatoms. The molecule has 1 aromatic carbocycles. The summed E-state index contributed by atoms with van der Waals surface area (Å²) < 4.78 is 5.13. The van der Waals surface area contributed by atoms with Crippen LogP contribution in [0.1, 0.15) is 10.4 Å².